The van der Waals surface area contributed by atoms with Crippen LogP contribution in [0.25, 0.3) is 0 Å². The molecule has 2 aliphatic rings. The van der Waals surface area contributed by atoms with Gasteiger partial charge in [-0.05, 0) is 31.0 Å². The summed E-state index contributed by atoms with van der Waals surface area (Å²) in [6, 6.07) is 4.28. The molecule has 180 valence electrons. The molecule has 0 saturated carbocycles. The van der Waals surface area contributed by atoms with E-state index in [1.165, 1.54) is 0 Å². The summed E-state index contributed by atoms with van der Waals surface area (Å²) in [5, 5.41) is 6.81. The van der Waals surface area contributed by atoms with E-state index in [9.17, 15) is 0 Å². The number of hydrogen-bond donors (Lipinski definition) is 2. The Labute approximate surface area is 194 Å². The van der Waals surface area contributed by atoms with Gasteiger partial charge >= 0.3 is 0 Å². The molecule has 2 saturated heterocycles. The molecule has 0 aromatic carbocycles. The third kappa shape index (κ3) is 7.90. The number of piperazine rings is 1. The number of aliphatic imine (C=N–C) groups is 1. The summed E-state index contributed by atoms with van der Waals surface area (Å²) in [4.78, 5) is 16.8. The molecule has 8 heteroatoms. The van der Waals surface area contributed by atoms with Crippen LogP contribution < -0.4 is 15.5 Å². The molecule has 3 rings (SSSR count). The first kappa shape index (κ1) is 24.7. The fraction of sp³-hybridized carbons (Fsp3) is 0.750. The van der Waals surface area contributed by atoms with Gasteiger partial charge < -0.3 is 25.2 Å². The molecule has 1 aromatic heterocycles. The van der Waals surface area contributed by atoms with E-state index in [0.29, 0.717) is 12.5 Å². The van der Waals surface area contributed by atoms with Crippen LogP contribution in [0.2, 0.25) is 0 Å². The highest BCUT2D eigenvalue weighted by atomic mass is 16.5. The molecule has 32 heavy (non-hydrogen) atoms. The zero-order chi connectivity index (χ0) is 22.8. The van der Waals surface area contributed by atoms with Gasteiger partial charge in [-0.3, -0.25) is 4.90 Å². The van der Waals surface area contributed by atoms with E-state index in [1.807, 2.05) is 6.20 Å². The van der Waals surface area contributed by atoms with Gasteiger partial charge in [0.2, 0.25) is 0 Å². The van der Waals surface area contributed by atoms with Crippen LogP contribution in [0, 0.1) is 5.92 Å². The number of nitrogens with zero attached hydrogens (tertiary/aromatic N) is 5. The number of morpholine rings is 1. The maximum Gasteiger partial charge on any atom is 0.191 e. The van der Waals surface area contributed by atoms with Crippen molar-refractivity contribution < 1.29 is 4.74 Å². The number of pyridine rings is 1. The molecule has 2 N–H and O–H groups in total. The number of aromatic nitrogens is 1. The van der Waals surface area contributed by atoms with Crippen molar-refractivity contribution in [2.75, 3.05) is 77.0 Å². The minimum absolute atomic E-state index is 0.195. The predicted molar refractivity (Wildman–Crippen MR) is 132 cm³/mol. The number of anilines is 1. The van der Waals surface area contributed by atoms with Crippen molar-refractivity contribution in [2.45, 2.75) is 40.3 Å². The SMILES string of the molecule is CCNC(=NCc1ccc(N2CCN(CC)CC2)nc1)NCC1CN(CC(C)C)CCO1. The van der Waals surface area contributed by atoms with E-state index >= 15 is 0 Å². The van der Waals surface area contributed by atoms with Crippen LogP contribution in [-0.2, 0) is 11.3 Å². The molecule has 8 nitrogen and oxygen atoms in total. The summed E-state index contributed by atoms with van der Waals surface area (Å²) in [5.41, 5.74) is 1.12. The highest BCUT2D eigenvalue weighted by Gasteiger charge is 2.21. The first-order chi connectivity index (χ1) is 15.6. The van der Waals surface area contributed by atoms with Crippen molar-refractivity contribution in [1.82, 2.24) is 25.4 Å². The third-order valence-electron chi connectivity index (χ3n) is 6.06. The quantitative estimate of drug-likeness (QED) is 0.442. The number of likely N-dealkylation sites (N-methyl/N-ethyl adjacent to an activating group) is 1. The van der Waals surface area contributed by atoms with E-state index in [1.54, 1.807) is 0 Å². The molecule has 3 heterocycles. The van der Waals surface area contributed by atoms with Crippen LogP contribution in [-0.4, -0.2) is 98.9 Å². The van der Waals surface area contributed by atoms with Gasteiger partial charge in [-0.15, -0.1) is 0 Å². The Kier molecular flexibility index (Phi) is 10.0. The van der Waals surface area contributed by atoms with E-state index in [4.69, 9.17) is 14.7 Å². The average Bonchev–Trinajstić information content (AvgIpc) is 2.81. The van der Waals surface area contributed by atoms with Crippen LogP contribution in [0.15, 0.2) is 23.3 Å². The van der Waals surface area contributed by atoms with E-state index in [0.717, 1.165) is 89.4 Å². The first-order valence-electron chi connectivity index (χ1n) is 12.4. The van der Waals surface area contributed by atoms with Crippen molar-refractivity contribution in [3.8, 4) is 0 Å². The Bertz CT molecular complexity index is 686. The van der Waals surface area contributed by atoms with Crippen LogP contribution >= 0.6 is 0 Å². The minimum Gasteiger partial charge on any atom is -0.374 e. The summed E-state index contributed by atoms with van der Waals surface area (Å²) < 4.78 is 5.96. The molecule has 0 bridgehead atoms. The highest BCUT2D eigenvalue weighted by Crippen LogP contribution is 2.14. The van der Waals surface area contributed by atoms with Gasteiger partial charge in [0.25, 0.3) is 0 Å². The molecule has 0 aliphatic carbocycles. The number of guanidine groups is 1. The molecule has 1 unspecified atom stereocenters. The largest absolute Gasteiger partial charge is 0.374 e. The number of nitrogens with one attached hydrogen (secondary N) is 2. The van der Waals surface area contributed by atoms with Crippen LogP contribution in [0.5, 0.6) is 0 Å². The predicted octanol–water partition coefficient (Wildman–Crippen LogP) is 1.64. The van der Waals surface area contributed by atoms with Crippen molar-refractivity contribution >= 4 is 11.8 Å². The molecule has 0 amide bonds. The highest BCUT2D eigenvalue weighted by molar-refractivity contribution is 5.79. The van der Waals surface area contributed by atoms with Gasteiger partial charge in [-0.2, -0.15) is 0 Å². The second-order valence-electron chi connectivity index (χ2n) is 9.17. The maximum atomic E-state index is 5.96. The molecule has 1 atom stereocenters. The zero-order valence-corrected chi connectivity index (χ0v) is 20.5. The summed E-state index contributed by atoms with van der Waals surface area (Å²) in [7, 11) is 0. The van der Waals surface area contributed by atoms with Gasteiger partial charge in [-0.25, -0.2) is 9.98 Å². The average molecular weight is 446 g/mol. The fourth-order valence-electron chi connectivity index (χ4n) is 4.30. The van der Waals surface area contributed by atoms with E-state index in [2.05, 4.69) is 65.2 Å². The normalized spacial score (nSPS) is 21.2. The van der Waals surface area contributed by atoms with Gasteiger partial charge in [-0.1, -0.05) is 26.8 Å². The lowest BCUT2D eigenvalue weighted by Crippen LogP contribution is -2.50. The number of rotatable bonds is 9. The standard InChI is InChI=1S/C24H43N7O/c1-5-25-24(28-17-22-19-30(13-14-32-22)18-20(3)4)27-16-21-7-8-23(26-15-21)31-11-9-29(6-2)10-12-31/h7-8,15,20,22H,5-6,9-14,16-19H2,1-4H3,(H2,25,27,28). The lowest BCUT2D eigenvalue weighted by atomic mass is 10.2. The van der Waals surface area contributed by atoms with Gasteiger partial charge in [0.1, 0.15) is 5.82 Å². The maximum absolute atomic E-state index is 5.96. The van der Waals surface area contributed by atoms with Crippen LogP contribution in [0.1, 0.15) is 33.3 Å². The van der Waals surface area contributed by atoms with Crippen LogP contribution in [0.3, 0.4) is 0 Å². The third-order valence-corrected chi connectivity index (χ3v) is 6.06. The lowest BCUT2D eigenvalue weighted by molar-refractivity contribution is -0.0284. The van der Waals surface area contributed by atoms with E-state index in [-0.39, 0.29) is 6.10 Å². The van der Waals surface area contributed by atoms with E-state index < -0.39 is 0 Å². The minimum atomic E-state index is 0.195. The van der Waals surface area contributed by atoms with Gasteiger partial charge in [0.05, 0.1) is 19.3 Å². The second kappa shape index (κ2) is 13.0. The Morgan fingerprint density at radius 3 is 2.59 bits per heavy atom. The van der Waals surface area contributed by atoms with Crippen molar-refractivity contribution in [3.63, 3.8) is 0 Å². The molecule has 2 fully saturated rings. The molecule has 0 radical (unpaired) electrons. The summed E-state index contributed by atoms with van der Waals surface area (Å²) in [5.74, 6) is 2.58. The van der Waals surface area contributed by atoms with Gasteiger partial charge in [0.15, 0.2) is 5.96 Å². The molecular weight excluding hydrogens is 402 g/mol. The van der Waals surface area contributed by atoms with Crippen molar-refractivity contribution in [1.29, 1.82) is 0 Å². The first-order valence-corrected chi connectivity index (χ1v) is 12.4. The fourth-order valence-corrected chi connectivity index (χ4v) is 4.30. The Morgan fingerprint density at radius 2 is 1.94 bits per heavy atom. The molecule has 0 spiro atoms. The molecule has 2 aliphatic heterocycles. The Morgan fingerprint density at radius 1 is 1.12 bits per heavy atom. The summed E-state index contributed by atoms with van der Waals surface area (Å²) in [6.45, 7) is 20.4. The topological polar surface area (TPSA) is 68.3 Å². The summed E-state index contributed by atoms with van der Waals surface area (Å²) >= 11 is 0. The second-order valence-corrected chi connectivity index (χ2v) is 9.17. The Balaban J connectivity index is 1.48. The number of ether oxygens (including phenoxy) is 1. The van der Waals surface area contributed by atoms with Crippen molar-refractivity contribution in [2.24, 2.45) is 10.9 Å². The smallest absolute Gasteiger partial charge is 0.191 e. The van der Waals surface area contributed by atoms with Crippen molar-refractivity contribution in [3.05, 3.63) is 23.9 Å². The summed E-state index contributed by atoms with van der Waals surface area (Å²) in [6.07, 6.45) is 2.16. The van der Waals surface area contributed by atoms with Gasteiger partial charge in [0, 0.05) is 65.1 Å². The Hall–Kier alpha value is -1.90. The molecular formula is C24H43N7O. The number of hydrogen-bond acceptors (Lipinski definition) is 6. The zero-order valence-electron chi connectivity index (χ0n) is 20.5. The lowest BCUT2D eigenvalue weighted by Gasteiger charge is -2.34. The van der Waals surface area contributed by atoms with Crippen LogP contribution in [0.4, 0.5) is 5.82 Å². The molecule has 1 aromatic rings. The monoisotopic (exact) mass is 445 g/mol.